The highest BCUT2D eigenvalue weighted by Crippen LogP contribution is 2.25. The van der Waals surface area contributed by atoms with Gasteiger partial charge in [0.2, 0.25) is 0 Å². The molecule has 0 aliphatic carbocycles. The Hall–Kier alpha value is -1.19. The fourth-order valence-electron chi connectivity index (χ4n) is 2.56. The van der Waals surface area contributed by atoms with Crippen molar-refractivity contribution in [2.45, 2.75) is 33.2 Å². The van der Waals surface area contributed by atoms with E-state index in [9.17, 15) is 4.39 Å². The van der Waals surface area contributed by atoms with Gasteiger partial charge >= 0.3 is 0 Å². The summed E-state index contributed by atoms with van der Waals surface area (Å²) in [5.41, 5.74) is 4.48. The maximum atomic E-state index is 14.2. The molecule has 2 aromatic carbocycles. The Kier molecular flexibility index (Phi) is 5.54. The van der Waals surface area contributed by atoms with Gasteiger partial charge in [-0.2, -0.15) is 0 Å². The van der Waals surface area contributed by atoms with Crippen LogP contribution in [0.25, 0.3) is 0 Å². The average Bonchev–Trinajstić information content (AvgIpc) is 2.42. The van der Waals surface area contributed by atoms with Crippen molar-refractivity contribution < 1.29 is 4.39 Å². The van der Waals surface area contributed by atoms with E-state index >= 15 is 0 Å². The molecule has 0 radical (unpaired) electrons. The first-order valence-electron chi connectivity index (χ1n) is 7.25. The number of halogens is 2. The van der Waals surface area contributed by atoms with E-state index in [0.717, 1.165) is 23.0 Å². The summed E-state index contributed by atoms with van der Waals surface area (Å²) in [5, 5.41) is 3.40. The highest BCUT2D eigenvalue weighted by molar-refractivity contribution is 9.10. The van der Waals surface area contributed by atoms with Gasteiger partial charge in [-0.3, -0.25) is 0 Å². The molecule has 0 bridgehead atoms. The van der Waals surface area contributed by atoms with Crippen molar-refractivity contribution in [3.8, 4) is 0 Å². The van der Waals surface area contributed by atoms with Gasteiger partial charge in [0, 0.05) is 16.1 Å². The number of hydrogen-bond acceptors (Lipinski definition) is 1. The quantitative estimate of drug-likeness (QED) is 0.791. The van der Waals surface area contributed by atoms with E-state index in [1.54, 1.807) is 0 Å². The first kappa shape index (κ1) is 16.2. The molecule has 21 heavy (non-hydrogen) atoms. The standard InChI is InChI=1S/C18H21BrFN/c1-4-21-18(16-8-7-15(19)11-17(16)20)10-14-9-12(2)5-6-13(14)3/h5-9,11,18,21H,4,10H2,1-3H3. The predicted molar refractivity (Wildman–Crippen MR) is 90.1 cm³/mol. The van der Waals surface area contributed by atoms with E-state index in [1.165, 1.54) is 22.8 Å². The normalized spacial score (nSPS) is 12.4. The van der Waals surface area contributed by atoms with Gasteiger partial charge in [-0.05, 0) is 50.1 Å². The Bertz CT molecular complexity index is 625. The first-order valence-corrected chi connectivity index (χ1v) is 8.05. The molecule has 112 valence electrons. The van der Waals surface area contributed by atoms with E-state index in [4.69, 9.17) is 0 Å². The SMILES string of the molecule is CCNC(Cc1cc(C)ccc1C)c1ccc(Br)cc1F. The second-order valence-corrected chi connectivity index (χ2v) is 6.33. The fraction of sp³-hybridized carbons (Fsp3) is 0.333. The van der Waals surface area contributed by atoms with Crippen molar-refractivity contribution in [1.82, 2.24) is 5.32 Å². The van der Waals surface area contributed by atoms with Gasteiger partial charge in [0.05, 0.1) is 0 Å². The molecular formula is C18H21BrFN. The number of rotatable bonds is 5. The van der Waals surface area contributed by atoms with Crippen LogP contribution in [-0.4, -0.2) is 6.54 Å². The summed E-state index contributed by atoms with van der Waals surface area (Å²) in [7, 11) is 0. The Balaban J connectivity index is 2.32. The minimum absolute atomic E-state index is 0.0106. The summed E-state index contributed by atoms with van der Waals surface area (Å²) in [4.78, 5) is 0. The van der Waals surface area contributed by atoms with Gasteiger partial charge in [-0.1, -0.05) is 52.7 Å². The lowest BCUT2D eigenvalue weighted by Gasteiger charge is -2.20. The zero-order valence-electron chi connectivity index (χ0n) is 12.7. The molecule has 0 aliphatic heterocycles. The summed E-state index contributed by atoms with van der Waals surface area (Å²) in [5.74, 6) is -0.166. The molecule has 1 N–H and O–H groups in total. The van der Waals surface area contributed by atoms with Crippen molar-refractivity contribution in [2.75, 3.05) is 6.54 Å². The number of likely N-dealkylation sites (N-methyl/N-ethyl adjacent to an activating group) is 1. The summed E-state index contributed by atoms with van der Waals surface area (Å²) < 4.78 is 15.0. The molecule has 2 rings (SSSR count). The molecule has 0 heterocycles. The number of benzene rings is 2. The molecular weight excluding hydrogens is 329 g/mol. The van der Waals surface area contributed by atoms with Gasteiger partial charge in [0.15, 0.2) is 0 Å². The molecule has 0 aliphatic rings. The lowest BCUT2D eigenvalue weighted by atomic mass is 9.94. The van der Waals surface area contributed by atoms with E-state index in [-0.39, 0.29) is 11.9 Å². The van der Waals surface area contributed by atoms with Gasteiger partial charge < -0.3 is 5.32 Å². The Labute approximate surface area is 134 Å². The zero-order chi connectivity index (χ0) is 15.4. The molecule has 1 atom stereocenters. The molecule has 1 nitrogen and oxygen atoms in total. The lowest BCUT2D eigenvalue weighted by Crippen LogP contribution is -2.24. The van der Waals surface area contributed by atoms with E-state index in [2.05, 4.69) is 53.3 Å². The van der Waals surface area contributed by atoms with Crippen molar-refractivity contribution >= 4 is 15.9 Å². The Morgan fingerprint density at radius 1 is 1.14 bits per heavy atom. The van der Waals surface area contributed by atoms with Gasteiger partial charge in [-0.15, -0.1) is 0 Å². The van der Waals surface area contributed by atoms with Crippen LogP contribution in [0, 0.1) is 19.7 Å². The second-order valence-electron chi connectivity index (χ2n) is 5.41. The predicted octanol–water partition coefficient (Wildman–Crippen LogP) is 5.10. The van der Waals surface area contributed by atoms with Crippen molar-refractivity contribution in [1.29, 1.82) is 0 Å². The van der Waals surface area contributed by atoms with Crippen LogP contribution >= 0.6 is 15.9 Å². The van der Waals surface area contributed by atoms with Crippen molar-refractivity contribution in [2.24, 2.45) is 0 Å². The van der Waals surface area contributed by atoms with Gasteiger partial charge in [-0.25, -0.2) is 4.39 Å². The summed E-state index contributed by atoms with van der Waals surface area (Å²) in [6.07, 6.45) is 0.792. The summed E-state index contributed by atoms with van der Waals surface area (Å²) >= 11 is 3.31. The van der Waals surface area contributed by atoms with E-state index in [1.807, 2.05) is 19.1 Å². The molecule has 1 unspecified atom stereocenters. The first-order chi connectivity index (χ1) is 10.0. The van der Waals surface area contributed by atoms with E-state index < -0.39 is 0 Å². The minimum atomic E-state index is -0.166. The van der Waals surface area contributed by atoms with Crippen LogP contribution in [0.5, 0.6) is 0 Å². The number of nitrogens with one attached hydrogen (secondary N) is 1. The fourth-order valence-corrected chi connectivity index (χ4v) is 2.90. The molecule has 3 heteroatoms. The maximum absolute atomic E-state index is 14.2. The van der Waals surface area contributed by atoms with Gasteiger partial charge in [0.25, 0.3) is 0 Å². The van der Waals surface area contributed by atoms with Crippen LogP contribution in [0.15, 0.2) is 40.9 Å². The largest absolute Gasteiger partial charge is 0.310 e. The Morgan fingerprint density at radius 3 is 2.57 bits per heavy atom. The smallest absolute Gasteiger partial charge is 0.129 e. The highest BCUT2D eigenvalue weighted by atomic mass is 79.9. The third kappa shape index (κ3) is 4.14. The minimum Gasteiger partial charge on any atom is -0.310 e. The third-order valence-electron chi connectivity index (χ3n) is 3.72. The summed E-state index contributed by atoms with van der Waals surface area (Å²) in [6, 6.07) is 11.7. The van der Waals surface area contributed by atoms with Crippen LogP contribution in [0.2, 0.25) is 0 Å². The number of hydrogen-bond donors (Lipinski definition) is 1. The topological polar surface area (TPSA) is 12.0 Å². The lowest BCUT2D eigenvalue weighted by molar-refractivity contribution is 0.509. The maximum Gasteiger partial charge on any atom is 0.129 e. The Morgan fingerprint density at radius 2 is 1.90 bits per heavy atom. The molecule has 0 fully saturated rings. The van der Waals surface area contributed by atoms with Gasteiger partial charge in [0.1, 0.15) is 5.82 Å². The molecule has 0 spiro atoms. The monoisotopic (exact) mass is 349 g/mol. The van der Waals surface area contributed by atoms with Crippen LogP contribution in [0.4, 0.5) is 4.39 Å². The molecule has 0 saturated carbocycles. The third-order valence-corrected chi connectivity index (χ3v) is 4.21. The number of aryl methyl sites for hydroxylation is 2. The average molecular weight is 350 g/mol. The molecule has 2 aromatic rings. The zero-order valence-corrected chi connectivity index (χ0v) is 14.3. The highest BCUT2D eigenvalue weighted by Gasteiger charge is 2.16. The van der Waals surface area contributed by atoms with E-state index in [0.29, 0.717) is 0 Å². The molecule has 0 aromatic heterocycles. The van der Waals surface area contributed by atoms with Crippen molar-refractivity contribution in [3.63, 3.8) is 0 Å². The molecule has 0 amide bonds. The van der Waals surface area contributed by atoms with Crippen LogP contribution in [0.1, 0.15) is 35.2 Å². The van der Waals surface area contributed by atoms with Crippen LogP contribution in [-0.2, 0) is 6.42 Å². The van der Waals surface area contributed by atoms with Crippen molar-refractivity contribution in [3.05, 3.63) is 68.9 Å². The second kappa shape index (κ2) is 7.19. The summed E-state index contributed by atoms with van der Waals surface area (Å²) in [6.45, 7) is 7.05. The van der Waals surface area contributed by atoms with Crippen LogP contribution < -0.4 is 5.32 Å². The van der Waals surface area contributed by atoms with Crippen LogP contribution in [0.3, 0.4) is 0 Å². The molecule has 0 saturated heterocycles.